The molecule has 1 aliphatic rings. The molecule has 4 nitrogen and oxygen atoms in total. The Kier molecular flexibility index (Phi) is 4.38. The van der Waals surface area contributed by atoms with E-state index in [-0.39, 0.29) is 6.29 Å². The summed E-state index contributed by atoms with van der Waals surface area (Å²) in [5.74, 6) is 1.39. The topological polar surface area (TPSA) is 36.9 Å². The van der Waals surface area contributed by atoms with Crippen LogP contribution in [0.3, 0.4) is 0 Å². The highest BCUT2D eigenvalue weighted by molar-refractivity contribution is 5.43. The second-order valence-corrected chi connectivity index (χ2v) is 4.76. The van der Waals surface area contributed by atoms with E-state index in [2.05, 4.69) is 0 Å². The molecule has 2 aromatic carbocycles. The third kappa shape index (κ3) is 3.35. The predicted molar refractivity (Wildman–Crippen MR) is 78.4 cm³/mol. The van der Waals surface area contributed by atoms with Crippen molar-refractivity contribution in [3.05, 3.63) is 59.7 Å². The van der Waals surface area contributed by atoms with Crippen LogP contribution in [0.15, 0.2) is 48.5 Å². The lowest BCUT2D eigenvalue weighted by atomic mass is 10.2. The van der Waals surface area contributed by atoms with Crippen LogP contribution in [-0.2, 0) is 16.1 Å². The van der Waals surface area contributed by atoms with Gasteiger partial charge in [0.25, 0.3) is 0 Å². The average Bonchev–Trinajstić information content (AvgIpc) is 3.08. The van der Waals surface area contributed by atoms with Gasteiger partial charge in [-0.3, -0.25) is 0 Å². The van der Waals surface area contributed by atoms with Crippen molar-refractivity contribution in [2.75, 3.05) is 20.3 Å². The van der Waals surface area contributed by atoms with Crippen molar-refractivity contribution in [1.82, 2.24) is 0 Å². The number of ether oxygens (including phenoxy) is 4. The van der Waals surface area contributed by atoms with Gasteiger partial charge in [-0.1, -0.05) is 36.4 Å². The maximum absolute atomic E-state index is 5.88. The third-order valence-corrected chi connectivity index (χ3v) is 3.32. The molecular formula is C17H18O4. The summed E-state index contributed by atoms with van der Waals surface area (Å²) in [7, 11) is 1.63. The first-order chi connectivity index (χ1) is 10.4. The van der Waals surface area contributed by atoms with Crippen LogP contribution < -0.4 is 9.47 Å². The fourth-order valence-electron chi connectivity index (χ4n) is 2.24. The summed E-state index contributed by atoms with van der Waals surface area (Å²) >= 11 is 0. The fourth-order valence-corrected chi connectivity index (χ4v) is 2.24. The molecule has 1 saturated heterocycles. The third-order valence-electron chi connectivity index (χ3n) is 3.32. The molecule has 0 atom stereocenters. The SMILES string of the molecule is COc1ccc(C2OCCO2)cc1OCc1ccccc1. The van der Waals surface area contributed by atoms with Crippen molar-refractivity contribution in [2.45, 2.75) is 12.9 Å². The second-order valence-electron chi connectivity index (χ2n) is 4.76. The molecule has 3 rings (SSSR count). The average molecular weight is 286 g/mol. The number of hydrogen-bond donors (Lipinski definition) is 0. The molecule has 2 aromatic rings. The van der Waals surface area contributed by atoms with Crippen molar-refractivity contribution in [3.63, 3.8) is 0 Å². The zero-order chi connectivity index (χ0) is 14.5. The van der Waals surface area contributed by atoms with E-state index in [4.69, 9.17) is 18.9 Å². The predicted octanol–water partition coefficient (Wildman–Crippen LogP) is 3.32. The molecule has 1 fully saturated rings. The summed E-state index contributed by atoms with van der Waals surface area (Å²) in [4.78, 5) is 0. The van der Waals surface area contributed by atoms with Crippen LogP contribution in [-0.4, -0.2) is 20.3 Å². The molecule has 4 heteroatoms. The molecule has 110 valence electrons. The highest BCUT2D eigenvalue weighted by Crippen LogP contribution is 2.33. The van der Waals surface area contributed by atoms with Crippen LogP contribution in [0.2, 0.25) is 0 Å². The zero-order valence-electron chi connectivity index (χ0n) is 12.0. The Morgan fingerprint density at radius 1 is 1.00 bits per heavy atom. The number of rotatable bonds is 5. The summed E-state index contributed by atoms with van der Waals surface area (Å²) in [5, 5.41) is 0. The zero-order valence-corrected chi connectivity index (χ0v) is 12.0. The minimum atomic E-state index is -0.310. The molecule has 1 heterocycles. The van der Waals surface area contributed by atoms with E-state index in [0.717, 1.165) is 11.1 Å². The van der Waals surface area contributed by atoms with E-state index in [0.29, 0.717) is 31.3 Å². The molecule has 0 unspecified atom stereocenters. The molecule has 0 spiro atoms. The summed E-state index contributed by atoms with van der Waals surface area (Å²) in [5.41, 5.74) is 2.05. The van der Waals surface area contributed by atoms with Crippen molar-refractivity contribution in [3.8, 4) is 11.5 Å². The van der Waals surface area contributed by atoms with Gasteiger partial charge in [0.2, 0.25) is 0 Å². The van der Waals surface area contributed by atoms with Crippen molar-refractivity contribution >= 4 is 0 Å². The Morgan fingerprint density at radius 2 is 1.76 bits per heavy atom. The maximum Gasteiger partial charge on any atom is 0.184 e. The highest BCUT2D eigenvalue weighted by atomic mass is 16.7. The number of benzene rings is 2. The molecule has 0 amide bonds. The second kappa shape index (κ2) is 6.61. The van der Waals surface area contributed by atoms with Crippen LogP contribution in [0.25, 0.3) is 0 Å². The summed E-state index contributed by atoms with van der Waals surface area (Å²) in [6.07, 6.45) is -0.310. The Balaban J connectivity index is 1.76. The van der Waals surface area contributed by atoms with Crippen LogP contribution in [0.5, 0.6) is 11.5 Å². The van der Waals surface area contributed by atoms with Crippen LogP contribution >= 0.6 is 0 Å². The standard InChI is InChI=1S/C17H18O4/c1-18-15-8-7-14(17-19-9-10-20-17)11-16(15)21-12-13-5-3-2-4-6-13/h2-8,11,17H,9-10,12H2,1H3. The summed E-state index contributed by atoms with van der Waals surface area (Å²) in [6, 6.07) is 15.8. The van der Waals surface area contributed by atoms with E-state index in [9.17, 15) is 0 Å². The van der Waals surface area contributed by atoms with Gasteiger partial charge >= 0.3 is 0 Å². The number of methoxy groups -OCH3 is 1. The van der Waals surface area contributed by atoms with E-state index < -0.39 is 0 Å². The molecule has 0 bridgehead atoms. The lowest BCUT2D eigenvalue weighted by Gasteiger charge is -2.15. The Hall–Kier alpha value is -2.04. The van der Waals surface area contributed by atoms with Crippen LogP contribution in [0, 0.1) is 0 Å². The fraction of sp³-hybridized carbons (Fsp3) is 0.294. The number of hydrogen-bond acceptors (Lipinski definition) is 4. The van der Waals surface area contributed by atoms with Gasteiger partial charge in [-0.05, 0) is 17.7 Å². The molecular weight excluding hydrogens is 268 g/mol. The Bertz CT molecular complexity index is 577. The van der Waals surface area contributed by atoms with Crippen LogP contribution in [0.4, 0.5) is 0 Å². The highest BCUT2D eigenvalue weighted by Gasteiger charge is 2.20. The minimum Gasteiger partial charge on any atom is -0.493 e. The lowest BCUT2D eigenvalue weighted by Crippen LogP contribution is -2.02. The van der Waals surface area contributed by atoms with Gasteiger partial charge in [0.15, 0.2) is 17.8 Å². The van der Waals surface area contributed by atoms with E-state index >= 15 is 0 Å². The minimum absolute atomic E-state index is 0.310. The monoisotopic (exact) mass is 286 g/mol. The quantitative estimate of drug-likeness (QED) is 0.845. The first-order valence-corrected chi connectivity index (χ1v) is 6.94. The van der Waals surface area contributed by atoms with Crippen molar-refractivity contribution in [1.29, 1.82) is 0 Å². The van der Waals surface area contributed by atoms with Crippen molar-refractivity contribution < 1.29 is 18.9 Å². The van der Waals surface area contributed by atoms with E-state index in [1.807, 2.05) is 48.5 Å². The normalized spacial score (nSPS) is 15.1. The van der Waals surface area contributed by atoms with Gasteiger partial charge in [-0.15, -0.1) is 0 Å². The van der Waals surface area contributed by atoms with Crippen LogP contribution in [0.1, 0.15) is 17.4 Å². The maximum atomic E-state index is 5.88. The smallest absolute Gasteiger partial charge is 0.184 e. The molecule has 0 N–H and O–H groups in total. The van der Waals surface area contributed by atoms with Crippen molar-refractivity contribution in [2.24, 2.45) is 0 Å². The van der Waals surface area contributed by atoms with Gasteiger partial charge < -0.3 is 18.9 Å². The van der Waals surface area contributed by atoms with Gasteiger partial charge in [-0.2, -0.15) is 0 Å². The van der Waals surface area contributed by atoms with E-state index in [1.165, 1.54) is 0 Å². The largest absolute Gasteiger partial charge is 0.493 e. The van der Waals surface area contributed by atoms with Gasteiger partial charge in [0.1, 0.15) is 6.61 Å². The van der Waals surface area contributed by atoms with Gasteiger partial charge in [0, 0.05) is 5.56 Å². The molecule has 21 heavy (non-hydrogen) atoms. The summed E-state index contributed by atoms with van der Waals surface area (Å²) in [6.45, 7) is 1.74. The first-order valence-electron chi connectivity index (χ1n) is 6.94. The Labute approximate surface area is 124 Å². The molecule has 0 saturated carbocycles. The molecule has 1 aliphatic heterocycles. The first kappa shape index (κ1) is 13.9. The van der Waals surface area contributed by atoms with E-state index in [1.54, 1.807) is 7.11 Å². The summed E-state index contributed by atoms with van der Waals surface area (Å²) < 4.78 is 22.2. The van der Waals surface area contributed by atoms with Gasteiger partial charge in [0.05, 0.1) is 20.3 Å². The molecule has 0 aliphatic carbocycles. The lowest BCUT2D eigenvalue weighted by molar-refractivity contribution is -0.0442. The van der Waals surface area contributed by atoms with Gasteiger partial charge in [-0.25, -0.2) is 0 Å². The molecule has 0 aromatic heterocycles. The molecule has 0 radical (unpaired) electrons. The Morgan fingerprint density at radius 3 is 2.48 bits per heavy atom.